The molecule has 4 rings (SSSR count). The number of nitrogens with zero attached hydrogens (tertiary/aromatic N) is 3. The Morgan fingerprint density at radius 3 is 2.50 bits per heavy atom. The van der Waals surface area contributed by atoms with Gasteiger partial charge >= 0.3 is 12.3 Å². The maximum Gasteiger partial charge on any atom is 0.416 e. The van der Waals surface area contributed by atoms with Crippen LogP contribution in [0.3, 0.4) is 0 Å². The van der Waals surface area contributed by atoms with E-state index in [-0.39, 0.29) is 50.0 Å². The summed E-state index contributed by atoms with van der Waals surface area (Å²) in [7, 11) is 0. The molecule has 2 N–H and O–H groups in total. The number of aryl methyl sites for hydroxylation is 1. The van der Waals surface area contributed by atoms with Crippen molar-refractivity contribution in [1.82, 2.24) is 14.7 Å². The smallest absolute Gasteiger partial charge is 0.416 e. The summed E-state index contributed by atoms with van der Waals surface area (Å²) in [6, 6.07) is 9.79. The molecule has 0 spiro atoms. The number of amides is 3. The topological polar surface area (TPSA) is 96.2 Å². The Bertz CT molecular complexity index is 1240. The standard InChI is InChI=1S/C28H32ClF3N4O4/c1-18-12-20(14-21(13-18)28(30,31)32)17-40-27(39)35-11-9-25(37)36-23(4-2-3-10-33)26(38)34(16-24(35)36)15-19-5-7-22(29)8-6-19/h5-8,12-14,23-24H,2-4,9-11,15-17,33H2,1H3/t23-,24+/m0/s1. The Morgan fingerprint density at radius 1 is 1.10 bits per heavy atom. The average Bonchev–Trinajstić information content (AvgIpc) is 2.90. The van der Waals surface area contributed by atoms with Crippen LogP contribution < -0.4 is 5.73 Å². The van der Waals surface area contributed by atoms with Gasteiger partial charge in [0.15, 0.2) is 0 Å². The molecule has 2 aromatic rings. The Kier molecular flexibility index (Phi) is 9.25. The average molecular weight is 581 g/mol. The number of carbonyl (C=O) groups is 3. The van der Waals surface area contributed by atoms with E-state index in [1.54, 1.807) is 29.2 Å². The minimum Gasteiger partial charge on any atom is -0.444 e. The number of benzene rings is 2. The largest absolute Gasteiger partial charge is 0.444 e. The van der Waals surface area contributed by atoms with Gasteiger partial charge in [0.25, 0.3) is 0 Å². The highest BCUT2D eigenvalue weighted by atomic mass is 35.5. The van der Waals surface area contributed by atoms with E-state index < -0.39 is 30.0 Å². The lowest BCUT2D eigenvalue weighted by molar-refractivity contribution is -0.169. The molecule has 2 fully saturated rings. The molecule has 216 valence electrons. The molecule has 40 heavy (non-hydrogen) atoms. The molecule has 2 atom stereocenters. The number of alkyl halides is 3. The molecule has 2 aromatic carbocycles. The predicted molar refractivity (Wildman–Crippen MR) is 142 cm³/mol. The Hall–Kier alpha value is -3.31. The molecule has 3 amide bonds. The summed E-state index contributed by atoms with van der Waals surface area (Å²) in [5.74, 6) is -0.453. The number of carbonyl (C=O) groups excluding carboxylic acids is 3. The molecule has 2 saturated heterocycles. The van der Waals surface area contributed by atoms with E-state index in [1.807, 2.05) is 0 Å². The number of hydrogen-bond acceptors (Lipinski definition) is 5. The van der Waals surface area contributed by atoms with Gasteiger partial charge in [-0.2, -0.15) is 13.2 Å². The summed E-state index contributed by atoms with van der Waals surface area (Å²) in [5.41, 5.74) is 6.25. The van der Waals surface area contributed by atoms with Crippen LogP contribution in [0.15, 0.2) is 42.5 Å². The molecular weight excluding hydrogens is 549 g/mol. The summed E-state index contributed by atoms with van der Waals surface area (Å²) < 4.78 is 45.2. The van der Waals surface area contributed by atoms with E-state index in [0.717, 1.165) is 17.7 Å². The molecule has 2 heterocycles. The zero-order valence-corrected chi connectivity index (χ0v) is 22.9. The van der Waals surface area contributed by atoms with Crippen LogP contribution in [-0.2, 0) is 33.7 Å². The fraction of sp³-hybridized carbons (Fsp3) is 0.464. The van der Waals surface area contributed by atoms with Crippen LogP contribution >= 0.6 is 11.6 Å². The SMILES string of the molecule is Cc1cc(COC(=O)N2CCC(=O)N3[C@@H]2CN(Cc2ccc(Cl)cc2)C(=O)[C@@H]3CCCCN)cc(C(F)(F)F)c1. The summed E-state index contributed by atoms with van der Waals surface area (Å²) in [4.78, 5) is 44.4. The molecule has 0 radical (unpaired) electrons. The number of nitrogens with two attached hydrogens (primary N) is 1. The van der Waals surface area contributed by atoms with Crippen molar-refractivity contribution in [2.24, 2.45) is 5.73 Å². The van der Waals surface area contributed by atoms with E-state index in [2.05, 4.69) is 0 Å². The second-order valence-electron chi connectivity index (χ2n) is 10.1. The predicted octanol–water partition coefficient (Wildman–Crippen LogP) is 4.70. The van der Waals surface area contributed by atoms with Crippen molar-refractivity contribution in [3.05, 3.63) is 69.7 Å². The first-order chi connectivity index (χ1) is 19.0. The highest BCUT2D eigenvalue weighted by molar-refractivity contribution is 6.30. The quantitative estimate of drug-likeness (QED) is 0.457. The maximum atomic E-state index is 13.6. The van der Waals surface area contributed by atoms with Crippen molar-refractivity contribution in [1.29, 1.82) is 0 Å². The number of ether oxygens (including phenoxy) is 1. The normalized spacial score (nSPS) is 19.6. The van der Waals surface area contributed by atoms with Gasteiger partial charge in [-0.05, 0) is 68.1 Å². The first-order valence-corrected chi connectivity index (χ1v) is 13.5. The van der Waals surface area contributed by atoms with E-state index in [1.165, 1.54) is 22.8 Å². The minimum absolute atomic E-state index is 0.00607. The van der Waals surface area contributed by atoms with Gasteiger partial charge < -0.3 is 20.3 Å². The molecule has 0 saturated carbocycles. The zero-order valence-electron chi connectivity index (χ0n) is 22.1. The van der Waals surface area contributed by atoms with Gasteiger partial charge in [-0.15, -0.1) is 0 Å². The van der Waals surface area contributed by atoms with Crippen LogP contribution in [0.2, 0.25) is 5.02 Å². The second-order valence-corrected chi connectivity index (χ2v) is 10.6. The van der Waals surface area contributed by atoms with Crippen molar-refractivity contribution >= 4 is 29.5 Å². The summed E-state index contributed by atoms with van der Waals surface area (Å²) >= 11 is 6.00. The lowest BCUT2D eigenvalue weighted by atomic mass is 9.98. The van der Waals surface area contributed by atoms with E-state index >= 15 is 0 Å². The highest BCUT2D eigenvalue weighted by Gasteiger charge is 2.48. The molecular formula is C28H32ClF3N4O4. The highest BCUT2D eigenvalue weighted by Crippen LogP contribution is 2.32. The Balaban J connectivity index is 1.55. The van der Waals surface area contributed by atoms with Crippen LogP contribution in [0.1, 0.15) is 47.9 Å². The van der Waals surface area contributed by atoms with Gasteiger partial charge in [0.2, 0.25) is 11.8 Å². The summed E-state index contributed by atoms with van der Waals surface area (Å²) in [6.45, 7) is 2.01. The van der Waals surface area contributed by atoms with Crippen LogP contribution in [0.25, 0.3) is 0 Å². The van der Waals surface area contributed by atoms with Crippen LogP contribution in [0.4, 0.5) is 18.0 Å². The van der Waals surface area contributed by atoms with Crippen LogP contribution in [0, 0.1) is 6.92 Å². The summed E-state index contributed by atoms with van der Waals surface area (Å²) in [5, 5.41) is 0.558. The third kappa shape index (κ3) is 6.87. The molecule has 12 heteroatoms. The van der Waals surface area contributed by atoms with Gasteiger partial charge in [0.05, 0.1) is 12.1 Å². The first-order valence-electron chi connectivity index (χ1n) is 13.1. The molecule has 2 aliphatic rings. The monoisotopic (exact) mass is 580 g/mol. The van der Waals surface area contributed by atoms with Crippen LogP contribution in [0.5, 0.6) is 0 Å². The van der Waals surface area contributed by atoms with E-state index in [9.17, 15) is 27.6 Å². The number of fused-ring (bicyclic) bond motifs is 1. The third-order valence-corrected chi connectivity index (χ3v) is 7.38. The lowest BCUT2D eigenvalue weighted by Crippen LogP contribution is -2.71. The van der Waals surface area contributed by atoms with Gasteiger partial charge in [0, 0.05) is 24.5 Å². The van der Waals surface area contributed by atoms with E-state index in [0.29, 0.717) is 36.4 Å². The van der Waals surface area contributed by atoms with Gasteiger partial charge in [-0.25, -0.2) is 4.79 Å². The van der Waals surface area contributed by atoms with Gasteiger partial charge in [0.1, 0.15) is 18.8 Å². The van der Waals surface area contributed by atoms with Gasteiger partial charge in [-0.1, -0.05) is 35.4 Å². The lowest BCUT2D eigenvalue weighted by Gasteiger charge is -2.52. The van der Waals surface area contributed by atoms with Crippen molar-refractivity contribution in [3.63, 3.8) is 0 Å². The first kappa shape index (κ1) is 29.7. The van der Waals surface area contributed by atoms with Crippen molar-refractivity contribution in [2.75, 3.05) is 19.6 Å². The molecule has 0 aliphatic carbocycles. The van der Waals surface area contributed by atoms with Gasteiger partial charge in [-0.3, -0.25) is 14.5 Å². The molecule has 0 bridgehead atoms. The maximum absolute atomic E-state index is 13.6. The zero-order chi connectivity index (χ0) is 29.0. The number of rotatable bonds is 8. The number of piperazine rings is 1. The fourth-order valence-corrected chi connectivity index (χ4v) is 5.37. The molecule has 2 aliphatic heterocycles. The minimum atomic E-state index is -4.53. The molecule has 8 nitrogen and oxygen atoms in total. The van der Waals surface area contributed by atoms with Crippen molar-refractivity contribution < 1.29 is 32.3 Å². The Morgan fingerprint density at radius 2 is 1.82 bits per heavy atom. The fourth-order valence-electron chi connectivity index (χ4n) is 5.24. The molecule has 0 unspecified atom stereocenters. The number of unbranched alkanes of at least 4 members (excludes halogenated alkanes) is 1. The van der Waals surface area contributed by atoms with E-state index in [4.69, 9.17) is 22.1 Å². The van der Waals surface area contributed by atoms with Crippen LogP contribution in [-0.4, -0.2) is 64.4 Å². The second kappa shape index (κ2) is 12.5. The Labute approximate surface area is 235 Å². The van der Waals surface area contributed by atoms with Crippen molar-refractivity contribution in [3.8, 4) is 0 Å². The number of hydrogen-bond donors (Lipinski definition) is 1. The molecule has 0 aromatic heterocycles. The summed E-state index contributed by atoms with van der Waals surface area (Å²) in [6.07, 6.45) is -4.37. The third-order valence-electron chi connectivity index (χ3n) is 7.13. The van der Waals surface area contributed by atoms with Crippen molar-refractivity contribution in [2.45, 2.75) is 64.1 Å². The number of halogens is 4.